The quantitative estimate of drug-likeness (QED) is 0.213. The first-order valence-corrected chi connectivity index (χ1v) is 10.9. The smallest absolute Gasteiger partial charge is 0.339 e. The first-order valence-electron chi connectivity index (χ1n) is 10.9. The Morgan fingerprint density at radius 2 is 1.53 bits per heavy atom. The fourth-order valence-electron chi connectivity index (χ4n) is 3.83. The molecule has 0 saturated heterocycles. The van der Waals surface area contributed by atoms with Crippen molar-refractivity contribution in [2.75, 3.05) is 6.61 Å². The highest BCUT2D eigenvalue weighted by Crippen LogP contribution is 2.38. The van der Waals surface area contributed by atoms with Crippen molar-refractivity contribution < 1.29 is 34.8 Å². The van der Waals surface area contributed by atoms with Crippen LogP contribution in [0.15, 0.2) is 12.1 Å². The summed E-state index contributed by atoms with van der Waals surface area (Å²) in [7, 11) is 0. The van der Waals surface area contributed by atoms with Gasteiger partial charge in [-0.2, -0.15) is 0 Å². The van der Waals surface area contributed by atoms with Crippen molar-refractivity contribution in [1.82, 2.24) is 0 Å². The third kappa shape index (κ3) is 5.33. The van der Waals surface area contributed by atoms with E-state index in [2.05, 4.69) is 0 Å². The molecule has 4 N–H and O–H groups in total. The molecular weight excluding hydrogens is 412 g/mol. The van der Waals surface area contributed by atoms with Crippen molar-refractivity contribution in [2.24, 2.45) is 0 Å². The van der Waals surface area contributed by atoms with Gasteiger partial charge in [0.1, 0.15) is 17.1 Å². The van der Waals surface area contributed by atoms with Crippen LogP contribution in [-0.2, 0) is 6.42 Å². The number of aromatic carboxylic acids is 1. The normalized spacial score (nSPS) is 10.9. The average molecular weight is 445 g/mol. The van der Waals surface area contributed by atoms with E-state index in [1.54, 1.807) is 26.8 Å². The molecule has 0 aromatic heterocycles. The van der Waals surface area contributed by atoms with Crippen molar-refractivity contribution in [1.29, 1.82) is 0 Å². The molecule has 7 nitrogen and oxygen atoms in total. The third-order valence-corrected chi connectivity index (χ3v) is 5.80. The summed E-state index contributed by atoms with van der Waals surface area (Å²) >= 11 is 0. The second-order valence-corrected chi connectivity index (χ2v) is 8.02. The molecule has 0 aliphatic rings. The molecule has 0 fully saturated rings. The largest absolute Gasteiger partial charge is 0.507 e. The van der Waals surface area contributed by atoms with Crippen LogP contribution in [0.4, 0.5) is 0 Å². The summed E-state index contributed by atoms with van der Waals surface area (Å²) in [5.74, 6) is -1.45. The Balaban J connectivity index is 1.91. The van der Waals surface area contributed by atoms with Gasteiger partial charge >= 0.3 is 5.97 Å². The molecule has 2 aromatic carbocycles. The molecule has 0 heterocycles. The Labute approximate surface area is 188 Å². The fraction of sp³-hybridized carbons (Fsp3) is 0.440. The van der Waals surface area contributed by atoms with Gasteiger partial charge in [0.05, 0.1) is 6.61 Å². The number of benzene rings is 2. The van der Waals surface area contributed by atoms with Crippen molar-refractivity contribution in [3.05, 3.63) is 45.5 Å². The number of carbonyl (C=O) groups excluding carboxylic acids is 1. The van der Waals surface area contributed by atoms with E-state index in [1.165, 1.54) is 6.07 Å². The first-order chi connectivity index (χ1) is 15.1. The van der Waals surface area contributed by atoms with E-state index < -0.39 is 5.97 Å². The third-order valence-electron chi connectivity index (χ3n) is 5.80. The number of phenols is 3. The first kappa shape index (κ1) is 25.0. The fourth-order valence-corrected chi connectivity index (χ4v) is 3.83. The Kier molecular flexibility index (Phi) is 8.52. The van der Waals surface area contributed by atoms with Crippen LogP contribution in [0.2, 0.25) is 0 Å². The monoisotopic (exact) mass is 444 g/mol. The zero-order valence-electron chi connectivity index (χ0n) is 19.1. The van der Waals surface area contributed by atoms with Crippen molar-refractivity contribution in [3.8, 4) is 23.0 Å². The Bertz CT molecular complexity index is 979. The van der Waals surface area contributed by atoms with Gasteiger partial charge in [-0.1, -0.05) is 13.3 Å². The molecule has 0 aliphatic carbocycles. The summed E-state index contributed by atoms with van der Waals surface area (Å²) in [4.78, 5) is 23.9. The standard InChI is InChI=1S/C25H32O7/c1-5-9-17-20(12-11-18(24(17)29)25(30)31)32-13-8-6-7-10-19(26)21-14(2)15(3)22(27)23(28)16(21)4/h11-12,27-29H,5-10,13H2,1-4H3,(H,30,31). The topological polar surface area (TPSA) is 124 Å². The molecule has 0 bridgehead atoms. The van der Waals surface area contributed by atoms with E-state index in [1.807, 2.05) is 6.92 Å². The van der Waals surface area contributed by atoms with Crippen LogP contribution in [0.1, 0.15) is 82.0 Å². The van der Waals surface area contributed by atoms with Crippen LogP contribution in [0, 0.1) is 20.8 Å². The Morgan fingerprint density at radius 1 is 0.875 bits per heavy atom. The molecule has 0 atom stereocenters. The predicted molar refractivity (Wildman–Crippen MR) is 121 cm³/mol. The number of phenolic OH excluding ortho intramolecular Hbond substituents is 2. The molecular formula is C25H32O7. The van der Waals surface area contributed by atoms with E-state index in [-0.39, 0.29) is 28.6 Å². The molecule has 0 radical (unpaired) electrons. The van der Waals surface area contributed by atoms with E-state index in [0.29, 0.717) is 65.9 Å². The van der Waals surface area contributed by atoms with Gasteiger partial charge in [-0.3, -0.25) is 4.79 Å². The lowest BCUT2D eigenvalue weighted by Crippen LogP contribution is -2.07. The van der Waals surface area contributed by atoms with Crippen LogP contribution in [-0.4, -0.2) is 38.8 Å². The number of ether oxygens (including phenoxy) is 1. The lowest BCUT2D eigenvalue weighted by molar-refractivity contribution is 0.0693. The van der Waals surface area contributed by atoms with Gasteiger partial charge in [0.15, 0.2) is 17.3 Å². The van der Waals surface area contributed by atoms with Gasteiger partial charge in [-0.05, 0) is 69.7 Å². The zero-order chi connectivity index (χ0) is 24.0. The second kappa shape index (κ2) is 10.9. The summed E-state index contributed by atoms with van der Waals surface area (Å²) < 4.78 is 5.78. The Morgan fingerprint density at radius 3 is 2.16 bits per heavy atom. The minimum Gasteiger partial charge on any atom is -0.507 e. The number of ketones is 1. The number of carbonyl (C=O) groups is 2. The van der Waals surface area contributed by atoms with Crippen molar-refractivity contribution in [3.63, 3.8) is 0 Å². The molecule has 2 aromatic rings. The Hall–Kier alpha value is -3.22. The minimum absolute atomic E-state index is 0.0706. The number of Topliss-reactive ketones (excluding diaryl/α,β-unsaturated/α-hetero) is 1. The number of carboxylic acids is 1. The maximum atomic E-state index is 12.7. The highest BCUT2D eigenvalue weighted by molar-refractivity contribution is 6.00. The van der Waals surface area contributed by atoms with E-state index in [4.69, 9.17) is 4.74 Å². The lowest BCUT2D eigenvalue weighted by atomic mass is 9.91. The summed E-state index contributed by atoms with van der Waals surface area (Å²) in [5.41, 5.74) is 2.40. The highest BCUT2D eigenvalue weighted by Gasteiger charge is 2.21. The maximum absolute atomic E-state index is 12.7. The van der Waals surface area contributed by atoms with Crippen LogP contribution in [0.3, 0.4) is 0 Å². The predicted octanol–water partition coefficient (Wildman–Crippen LogP) is 5.20. The van der Waals surface area contributed by atoms with Gasteiger partial charge < -0.3 is 25.2 Å². The number of aromatic hydroxyl groups is 3. The number of unbranched alkanes of at least 4 members (excludes halogenated alkanes) is 2. The van der Waals surface area contributed by atoms with E-state index >= 15 is 0 Å². The molecule has 0 spiro atoms. The van der Waals surface area contributed by atoms with Gasteiger partial charge in [0, 0.05) is 23.1 Å². The number of hydrogen-bond acceptors (Lipinski definition) is 6. The number of carboxylic acid groups (broad SMARTS) is 1. The van der Waals surface area contributed by atoms with Gasteiger partial charge in [-0.25, -0.2) is 4.79 Å². The molecule has 2 rings (SSSR count). The molecule has 0 unspecified atom stereocenters. The summed E-state index contributed by atoms with van der Waals surface area (Å²) in [6, 6.07) is 2.91. The average Bonchev–Trinajstić information content (AvgIpc) is 2.75. The SMILES string of the molecule is CCCc1c(OCCCCCC(=O)c2c(C)c(C)c(O)c(O)c2C)ccc(C(=O)O)c1O. The zero-order valence-corrected chi connectivity index (χ0v) is 19.1. The summed E-state index contributed by atoms with van der Waals surface area (Å²) in [5, 5.41) is 39.4. The van der Waals surface area contributed by atoms with Gasteiger partial charge in [0.25, 0.3) is 0 Å². The van der Waals surface area contributed by atoms with Crippen LogP contribution < -0.4 is 4.74 Å². The lowest BCUT2D eigenvalue weighted by Gasteiger charge is -2.15. The molecule has 0 amide bonds. The number of rotatable bonds is 11. The molecule has 0 saturated carbocycles. The van der Waals surface area contributed by atoms with Gasteiger partial charge in [-0.15, -0.1) is 0 Å². The van der Waals surface area contributed by atoms with E-state index in [9.17, 15) is 30.0 Å². The second-order valence-electron chi connectivity index (χ2n) is 8.02. The summed E-state index contributed by atoms with van der Waals surface area (Å²) in [6.45, 7) is 7.38. The molecule has 7 heteroatoms. The minimum atomic E-state index is -1.18. The molecule has 32 heavy (non-hydrogen) atoms. The van der Waals surface area contributed by atoms with Gasteiger partial charge in [0.2, 0.25) is 0 Å². The van der Waals surface area contributed by atoms with Crippen LogP contribution >= 0.6 is 0 Å². The summed E-state index contributed by atoms with van der Waals surface area (Å²) in [6.07, 6.45) is 3.65. The molecule has 0 aliphatic heterocycles. The molecule has 174 valence electrons. The van der Waals surface area contributed by atoms with Crippen molar-refractivity contribution in [2.45, 2.75) is 66.2 Å². The maximum Gasteiger partial charge on any atom is 0.339 e. The number of hydrogen-bond donors (Lipinski definition) is 4. The van der Waals surface area contributed by atoms with Crippen LogP contribution in [0.5, 0.6) is 23.0 Å². The van der Waals surface area contributed by atoms with E-state index in [0.717, 1.165) is 12.8 Å². The highest BCUT2D eigenvalue weighted by atomic mass is 16.5. The van der Waals surface area contributed by atoms with Crippen molar-refractivity contribution >= 4 is 11.8 Å². The van der Waals surface area contributed by atoms with Crippen LogP contribution in [0.25, 0.3) is 0 Å².